The van der Waals surface area contributed by atoms with Gasteiger partial charge in [0.05, 0.1) is 11.4 Å². The average molecular weight is 386 g/mol. The Morgan fingerprint density at radius 3 is 2.66 bits per heavy atom. The van der Waals surface area contributed by atoms with E-state index >= 15 is 0 Å². The van der Waals surface area contributed by atoms with Crippen molar-refractivity contribution in [2.75, 3.05) is 5.32 Å². The monoisotopic (exact) mass is 385 g/mol. The number of hydrogen-bond acceptors (Lipinski definition) is 3. The lowest BCUT2D eigenvalue weighted by Crippen LogP contribution is -2.19. The molecule has 2 aliphatic rings. The Morgan fingerprint density at radius 2 is 1.93 bits per heavy atom. The predicted octanol–water partition coefficient (Wildman–Crippen LogP) is 6.43. The Hall–Kier alpha value is -3.07. The first-order chi connectivity index (χ1) is 13.8. The number of benzene rings is 1. The highest BCUT2D eigenvalue weighted by molar-refractivity contribution is 6.08. The second-order valence-electron chi connectivity index (χ2n) is 8.03. The molecule has 150 valence electrons. The van der Waals surface area contributed by atoms with E-state index in [0.717, 1.165) is 52.5 Å². The van der Waals surface area contributed by atoms with Gasteiger partial charge in [0, 0.05) is 23.6 Å². The van der Waals surface area contributed by atoms with Crippen molar-refractivity contribution in [1.29, 1.82) is 0 Å². The number of allylic oxidation sites excluding steroid dienone is 5. The molecule has 2 N–H and O–H groups in total. The molecule has 1 aliphatic heterocycles. The smallest absolute Gasteiger partial charge is 0.0857 e. The normalized spacial score (nSPS) is 23.7. The van der Waals surface area contributed by atoms with Gasteiger partial charge in [0.25, 0.3) is 0 Å². The summed E-state index contributed by atoms with van der Waals surface area (Å²) >= 11 is 0. The molecule has 0 spiro atoms. The van der Waals surface area contributed by atoms with Crippen LogP contribution in [-0.4, -0.2) is 5.71 Å². The molecule has 1 aliphatic carbocycles. The SMILES string of the molecule is C=C(C)N=C1/C=C(\C)C(C)CCC2=C(Nc3cccc(c3)CNC1=C)C(=C)C2=C. The van der Waals surface area contributed by atoms with Gasteiger partial charge in [-0.1, -0.05) is 50.9 Å². The minimum absolute atomic E-state index is 0.416. The van der Waals surface area contributed by atoms with Crippen LogP contribution in [0.25, 0.3) is 0 Å². The fraction of sp³-hybridized carbons (Fsp3) is 0.269. The van der Waals surface area contributed by atoms with Crippen molar-refractivity contribution >= 4 is 11.4 Å². The van der Waals surface area contributed by atoms with E-state index in [-0.39, 0.29) is 0 Å². The molecular weight excluding hydrogens is 354 g/mol. The van der Waals surface area contributed by atoms with E-state index < -0.39 is 0 Å². The number of rotatable bonds is 1. The summed E-state index contributed by atoms with van der Waals surface area (Å²) in [6, 6.07) is 8.40. The number of anilines is 1. The molecule has 0 saturated carbocycles. The molecule has 1 heterocycles. The van der Waals surface area contributed by atoms with E-state index in [1.807, 2.05) is 6.92 Å². The van der Waals surface area contributed by atoms with E-state index in [1.165, 1.54) is 16.7 Å². The van der Waals surface area contributed by atoms with Crippen LogP contribution >= 0.6 is 0 Å². The molecule has 3 heteroatoms. The lowest BCUT2D eigenvalue weighted by atomic mass is 9.79. The van der Waals surface area contributed by atoms with Crippen molar-refractivity contribution in [3.05, 3.63) is 102 Å². The van der Waals surface area contributed by atoms with Crippen LogP contribution in [0.2, 0.25) is 0 Å². The molecule has 2 bridgehead atoms. The van der Waals surface area contributed by atoms with Gasteiger partial charge < -0.3 is 10.6 Å². The van der Waals surface area contributed by atoms with Crippen LogP contribution in [0.5, 0.6) is 0 Å². The van der Waals surface area contributed by atoms with Crippen LogP contribution in [0.3, 0.4) is 0 Å². The van der Waals surface area contributed by atoms with Crippen molar-refractivity contribution in [2.45, 2.75) is 40.2 Å². The maximum Gasteiger partial charge on any atom is 0.0857 e. The first kappa shape index (κ1) is 20.7. The highest BCUT2D eigenvalue weighted by atomic mass is 14.9. The zero-order chi connectivity index (χ0) is 21.1. The van der Waals surface area contributed by atoms with Gasteiger partial charge in [-0.3, -0.25) is 4.99 Å². The molecule has 0 saturated heterocycles. The molecular formula is C26H31N3. The van der Waals surface area contributed by atoms with Gasteiger partial charge in [0.1, 0.15) is 0 Å². The Bertz CT molecular complexity index is 985. The van der Waals surface area contributed by atoms with Gasteiger partial charge >= 0.3 is 0 Å². The molecule has 0 aromatic heterocycles. The quantitative estimate of drug-likeness (QED) is 0.584. The van der Waals surface area contributed by atoms with Crippen molar-refractivity contribution in [1.82, 2.24) is 5.32 Å². The Morgan fingerprint density at radius 1 is 1.17 bits per heavy atom. The average Bonchev–Trinajstić information content (AvgIpc) is 2.69. The minimum atomic E-state index is 0.416. The standard InChI is InChI=1S/C26H31N3/c1-16(2)28-25-13-18(4)17(3)11-12-24-19(5)20(6)26(24)29-23-10-8-9-22(14-23)15-27-21(25)7/h8-10,13-14,17,27,29H,1,5-7,11-12,15H2,2-4H3/b18-13+,28-25?. The lowest BCUT2D eigenvalue weighted by molar-refractivity contribution is 0.609. The van der Waals surface area contributed by atoms with Crippen LogP contribution in [0, 0.1) is 5.92 Å². The second kappa shape index (κ2) is 8.52. The zero-order valence-corrected chi connectivity index (χ0v) is 17.9. The maximum absolute atomic E-state index is 4.62. The number of fused-ring (bicyclic) bond motifs is 2. The molecule has 29 heavy (non-hydrogen) atoms. The molecule has 0 radical (unpaired) electrons. The fourth-order valence-corrected chi connectivity index (χ4v) is 3.57. The first-order valence-corrected chi connectivity index (χ1v) is 10.1. The topological polar surface area (TPSA) is 36.4 Å². The molecule has 1 atom stereocenters. The van der Waals surface area contributed by atoms with Gasteiger partial charge in [-0.15, -0.1) is 0 Å². The number of aliphatic imine (C=N–C) groups is 1. The third kappa shape index (κ3) is 4.68. The first-order valence-electron chi connectivity index (χ1n) is 10.1. The predicted molar refractivity (Wildman–Crippen MR) is 126 cm³/mol. The molecule has 1 aromatic carbocycles. The molecule has 1 unspecified atom stereocenters. The lowest BCUT2D eigenvalue weighted by Gasteiger charge is -2.31. The van der Waals surface area contributed by atoms with E-state index in [2.05, 4.69) is 86.1 Å². The van der Waals surface area contributed by atoms with Gasteiger partial charge in [-0.25, -0.2) is 0 Å². The fourth-order valence-electron chi connectivity index (χ4n) is 3.57. The zero-order valence-electron chi connectivity index (χ0n) is 17.9. The Kier molecular flexibility index (Phi) is 6.07. The van der Waals surface area contributed by atoms with E-state index in [0.29, 0.717) is 12.5 Å². The van der Waals surface area contributed by atoms with Gasteiger partial charge in [0.15, 0.2) is 0 Å². The summed E-state index contributed by atoms with van der Waals surface area (Å²) < 4.78 is 0. The maximum atomic E-state index is 4.62. The number of nitrogens with one attached hydrogen (secondary N) is 2. The summed E-state index contributed by atoms with van der Waals surface area (Å²) in [5.74, 6) is 0.416. The third-order valence-corrected chi connectivity index (χ3v) is 5.62. The highest BCUT2D eigenvalue weighted by Gasteiger charge is 2.26. The van der Waals surface area contributed by atoms with Crippen molar-refractivity contribution in [3.8, 4) is 0 Å². The van der Waals surface area contributed by atoms with E-state index in [1.54, 1.807) is 0 Å². The summed E-state index contributed by atoms with van der Waals surface area (Å²) in [6.07, 6.45) is 4.14. The Labute approximate surface area is 175 Å². The van der Waals surface area contributed by atoms with Crippen molar-refractivity contribution < 1.29 is 0 Å². The highest BCUT2D eigenvalue weighted by Crippen LogP contribution is 2.41. The summed E-state index contributed by atoms with van der Waals surface area (Å²) in [7, 11) is 0. The van der Waals surface area contributed by atoms with Crippen LogP contribution in [0.4, 0.5) is 5.69 Å². The summed E-state index contributed by atoms with van der Waals surface area (Å²) in [5.41, 5.74) is 10.4. The second-order valence-corrected chi connectivity index (χ2v) is 8.03. The summed E-state index contributed by atoms with van der Waals surface area (Å²) in [6.45, 7) is 23.5. The van der Waals surface area contributed by atoms with Crippen molar-refractivity contribution in [3.63, 3.8) is 0 Å². The minimum Gasteiger partial charge on any atom is -0.380 e. The molecule has 1 aromatic rings. The van der Waals surface area contributed by atoms with E-state index in [4.69, 9.17) is 0 Å². The summed E-state index contributed by atoms with van der Waals surface area (Å²) in [4.78, 5) is 4.62. The number of nitrogens with zero attached hydrogens (tertiary/aromatic N) is 1. The van der Waals surface area contributed by atoms with Crippen LogP contribution in [0.1, 0.15) is 39.2 Å². The van der Waals surface area contributed by atoms with Gasteiger partial charge in [-0.2, -0.15) is 0 Å². The van der Waals surface area contributed by atoms with Gasteiger partial charge in [0.2, 0.25) is 0 Å². The Balaban J connectivity index is 2.00. The number of hydrogen-bond donors (Lipinski definition) is 2. The largest absolute Gasteiger partial charge is 0.380 e. The van der Waals surface area contributed by atoms with Crippen molar-refractivity contribution in [2.24, 2.45) is 10.9 Å². The summed E-state index contributed by atoms with van der Waals surface area (Å²) in [5, 5.41) is 6.98. The van der Waals surface area contributed by atoms with Crippen LogP contribution in [-0.2, 0) is 6.54 Å². The van der Waals surface area contributed by atoms with E-state index in [9.17, 15) is 0 Å². The molecule has 0 fully saturated rings. The van der Waals surface area contributed by atoms with Crippen LogP contribution in [0.15, 0.2) is 101 Å². The van der Waals surface area contributed by atoms with Gasteiger partial charge in [-0.05, 0) is 73.1 Å². The van der Waals surface area contributed by atoms with Crippen LogP contribution < -0.4 is 10.6 Å². The molecule has 0 amide bonds. The molecule has 3 rings (SSSR count). The molecule has 3 nitrogen and oxygen atoms in total. The third-order valence-electron chi connectivity index (χ3n) is 5.62.